The molecule has 6 nitrogen and oxygen atoms in total. The number of nitrogens with one attached hydrogen (secondary N) is 2. The fourth-order valence-electron chi connectivity index (χ4n) is 5.50. The van der Waals surface area contributed by atoms with Gasteiger partial charge in [-0.15, -0.1) is 0 Å². The van der Waals surface area contributed by atoms with Gasteiger partial charge in [0.25, 0.3) is 0 Å². The molecule has 0 unspecified atom stereocenters. The first-order valence-electron chi connectivity index (χ1n) is 14.3. The van der Waals surface area contributed by atoms with E-state index in [1.54, 1.807) is 13.0 Å². The number of aromatic amines is 2. The molecule has 5 heterocycles. The predicted molar refractivity (Wildman–Crippen MR) is 175 cm³/mol. The molecule has 0 fully saturated rings. The summed E-state index contributed by atoms with van der Waals surface area (Å²) in [4.78, 5) is 29.7. The lowest BCUT2D eigenvalue weighted by Gasteiger charge is -2.04. The molecule has 2 N–H and O–H groups in total. The third-order valence-electron chi connectivity index (χ3n) is 7.41. The van der Waals surface area contributed by atoms with Gasteiger partial charge in [0, 0.05) is 44.8 Å². The van der Waals surface area contributed by atoms with Gasteiger partial charge in [0.1, 0.15) is 0 Å². The van der Waals surface area contributed by atoms with Crippen molar-refractivity contribution in [1.29, 1.82) is 0 Å². The monoisotopic (exact) mass is 560 g/mol. The standard InChI is InChI=1S/C37H28N4O2/c1-2-43-35(42)22-15-28-29-18-20-33(40-29)36(24-9-5-3-6-10-24)31-16-13-26(38-31)23-27-14-17-32(39-27)37(25-11-7-4-8-12-25)34-21-19-30(28)41-34/h3-23,38,41H,2H2,1H3/b22-15+,26-23?,27-23?,29-28?,30-28?,36-31?,36-33?,37-32?,37-34?. The Hall–Kier alpha value is -5.75. The predicted octanol–water partition coefficient (Wildman–Crippen LogP) is 8.57. The molecular weight excluding hydrogens is 532 g/mol. The minimum absolute atomic E-state index is 0.304. The molecule has 8 bridgehead atoms. The van der Waals surface area contributed by atoms with Crippen LogP contribution in [0.5, 0.6) is 0 Å². The van der Waals surface area contributed by atoms with E-state index in [2.05, 4.69) is 52.4 Å². The Balaban J connectivity index is 1.60. The topological polar surface area (TPSA) is 83.7 Å². The minimum atomic E-state index is -0.405. The highest BCUT2D eigenvalue weighted by Gasteiger charge is 2.15. The van der Waals surface area contributed by atoms with E-state index in [-0.39, 0.29) is 0 Å². The zero-order valence-electron chi connectivity index (χ0n) is 23.5. The highest BCUT2D eigenvalue weighted by molar-refractivity contribution is 5.96. The number of aromatic nitrogens is 4. The summed E-state index contributed by atoms with van der Waals surface area (Å²) >= 11 is 0. The van der Waals surface area contributed by atoms with Crippen LogP contribution in [-0.4, -0.2) is 32.5 Å². The molecule has 2 aromatic carbocycles. The minimum Gasteiger partial charge on any atom is -0.463 e. The highest BCUT2D eigenvalue weighted by Crippen LogP contribution is 2.33. The Morgan fingerprint density at radius 2 is 1.30 bits per heavy atom. The van der Waals surface area contributed by atoms with Crippen molar-refractivity contribution in [2.45, 2.75) is 6.92 Å². The van der Waals surface area contributed by atoms with E-state index >= 15 is 0 Å². The van der Waals surface area contributed by atoms with Gasteiger partial charge in [-0.2, -0.15) is 0 Å². The van der Waals surface area contributed by atoms with Crippen LogP contribution in [0.2, 0.25) is 0 Å². The molecule has 0 radical (unpaired) electrons. The Kier molecular flexibility index (Phi) is 6.85. The first kappa shape index (κ1) is 26.2. The van der Waals surface area contributed by atoms with Crippen molar-refractivity contribution in [3.8, 4) is 22.3 Å². The number of ether oxygens (including phenoxy) is 1. The van der Waals surface area contributed by atoms with Gasteiger partial charge in [-0.05, 0) is 78.8 Å². The van der Waals surface area contributed by atoms with Gasteiger partial charge in [0.05, 0.1) is 29.4 Å². The van der Waals surface area contributed by atoms with Gasteiger partial charge in [-0.25, -0.2) is 14.8 Å². The van der Waals surface area contributed by atoms with E-state index in [1.165, 1.54) is 6.08 Å². The fourth-order valence-corrected chi connectivity index (χ4v) is 5.50. The first-order valence-corrected chi connectivity index (χ1v) is 14.3. The summed E-state index contributed by atoms with van der Waals surface area (Å²) in [7, 11) is 0. The van der Waals surface area contributed by atoms with Crippen molar-refractivity contribution < 1.29 is 9.53 Å². The largest absolute Gasteiger partial charge is 0.463 e. The van der Waals surface area contributed by atoms with Crippen LogP contribution in [0.15, 0.2) is 97.1 Å². The van der Waals surface area contributed by atoms with Gasteiger partial charge in [0.2, 0.25) is 0 Å². The summed E-state index contributed by atoms with van der Waals surface area (Å²) in [5, 5.41) is 0. The van der Waals surface area contributed by atoms with E-state index < -0.39 is 5.97 Å². The summed E-state index contributed by atoms with van der Waals surface area (Å²) in [6.45, 7) is 2.10. The first-order chi connectivity index (χ1) is 21.2. The summed E-state index contributed by atoms with van der Waals surface area (Å²) in [6.07, 6.45) is 11.3. The molecule has 0 amide bonds. The molecule has 208 valence electrons. The SMILES string of the molecule is CCOC(=O)/C=C/c1c2nc(c(-c3ccccc3)c3ccc(cc4nc(c(-c5ccccc5)c5ccc1[nH]5)C=C4)[nH]3)C=C2. The normalized spacial score (nSPS) is 12.2. The second kappa shape index (κ2) is 11.3. The molecule has 0 saturated heterocycles. The van der Waals surface area contributed by atoms with Crippen LogP contribution in [-0.2, 0) is 9.53 Å². The van der Waals surface area contributed by atoms with Gasteiger partial charge in [-0.1, -0.05) is 60.7 Å². The van der Waals surface area contributed by atoms with E-state index in [0.29, 0.717) is 6.61 Å². The third kappa shape index (κ3) is 5.22. The maximum atomic E-state index is 12.4. The van der Waals surface area contributed by atoms with Crippen LogP contribution >= 0.6 is 0 Å². The van der Waals surface area contributed by atoms with Crippen LogP contribution in [0.1, 0.15) is 35.3 Å². The molecule has 7 rings (SSSR count). The second-order valence-corrected chi connectivity index (χ2v) is 10.2. The number of benzene rings is 2. The van der Waals surface area contributed by atoms with E-state index in [9.17, 15) is 4.79 Å². The molecule has 2 aliphatic heterocycles. The van der Waals surface area contributed by atoms with Crippen molar-refractivity contribution >= 4 is 58.4 Å². The lowest BCUT2D eigenvalue weighted by molar-refractivity contribution is -0.137. The van der Waals surface area contributed by atoms with Gasteiger partial charge in [0.15, 0.2) is 0 Å². The summed E-state index contributed by atoms with van der Waals surface area (Å²) in [5.41, 5.74) is 11.7. The van der Waals surface area contributed by atoms with Crippen LogP contribution in [0.3, 0.4) is 0 Å². The quantitative estimate of drug-likeness (QED) is 0.163. The van der Waals surface area contributed by atoms with Crippen molar-refractivity contribution in [2.24, 2.45) is 0 Å². The van der Waals surface area contributed by atoms with Crippen molar-refractivity contribution in [3.05, 3.63) is 125 Å². The molecule has 0 atom stereocenters. The number of rotatable bonds is 5. The number of H-pyrrole nitrogens is 2. The van der Waals surface area contributed by atoms with Crippen LogP contribution in [0, 0.1) is 0 Å². The Morgan fingerprint density at radius 3 is 2.02 bits per heavy atom. The Labute approximate surface area is 248 Å². The number of esters is 1. The summed E-state index contributed by atoms with van der Waals surface area (Å²) in [5.74, 6) is -0.405. The van der Waals surface area contributed by atoms with E-state index in [1.807, 2.05) is 72.8 Å². The van der Waals surface area contributed by atoms with Crippen LogP contribution in [0.4, 0.5) is 0 Å². The number of carbonyl (C=O) groups excluding carboxylic acids is 1. The summed E-state index contributed by atoms with van der Waals surface area (Å²) in [6, 6.07) is 30.7. The fraction of sp³-hybridized carbons (Fsp3) is 0.0541. The molecule has 0 spiro atoms. The van der Waals surface area contributed by atoms with Gasteiger partial charge >= 0.3 is 5.97 Å². The molecule has 43 heavy (non-hydrogen) atoms. The molecule has 5 aromatic rings. The zero-order chi connectivity index (χ0) is 29.2. The van der Waals surface area contributed by atoms with E-state index in [4.69, 9.17) is 14.7 Å². The molecular formula is C37H28N4O2. The lowest BCUT2D eigenvalue weighted by Crippen LogP contribution is -1.98. The van der Waals surface area contributed by atoms with Crippen LogP contribution in [0.25, 0.3) is 74.7 Å². The number of hydrogen-bond acceptors (Lipinski definition) is 4. The number of hydrogen-bond donors (Lipinski definition) is 2. The van der Waals surface area contributed by atoms with Gasteiger partial charge in [-0.3, -0.25) is 0 Å². The van der Waals surface area contributed by atoms with Gasteiger partial charge < -0.3 is 14.7 Å². The smallest absolute Gasteiger partial charge is 0.330 e. The number of fused-ring (bicyclic) bond motifs is 8. The average Bonchev–Trinajstić information content (AvgIpc) is 3.85. The maximum absolute atomic E-state index is 12.4. The molecule has 3 aromatic heterocycles. The second-order valence-electron chi connectivity index (χ2n) is 10.2. The Bertz CT molecular complexity index is 2060. The van der Waals surface area contributed by atoms with Crippen molar-refractivity contribution in [3.63, 3.8) is 0 Å². The molecule has 0 saturated carbocycles. The van der Waals surface area contributed by atoms with Crippen LogP contribution < -0.4 is 0 Å². The van der Waals surface area contributed by atoms with Crippen molar-refractivity contribution in [2.75, 3.05) is 6.61 Å². The zero-order valence-corrected chi connectivity index (χ0v) is 23.5. The molecule has 0 aliphatic carbocycles. The summed E-state index contributed by atoms with van der Waals surface area (Å²) < 4.78 is 5.19. The van der Waals surface area contributed by atoms with E-state index in [0.717, 1.165) is 72.7 Å². The molecule has 6 heteroatoms. The highest BCUT2D eigenvalue weighted by atomic mass is 16.5. The molecule has 2 aliphatic rings. The third-order valence-corrected chi connectivity index (χ3v) is 7.41. The van der Waals surface area contributed by atoms with Crippen molar-refractivity contribution in [1.82, 2.24) is 19.9 Å². The lowest BCUT2D eigenvalue weighted by atomic mass is 10.0. The average molecular weight is 561 g/mol. The Morgan fingerprint density at radius 1 is 0.698 bits per heavy atom. The maximum Gasteiger partial charge on any atom is 0.330 e. The number of carbonyl (C=O) groups is 1. The number of nitrogens with zero attached hydrogens (tertiary/aromatic N) is 2.